The van der Waals surface area contributed by atoms with E-state index in [1.54, 1.807) is 4.90 Å². The molecule has 1 aliphatic heterocycles. The first-order valence-electron chi connectivity index (χ1n) is 9.71. The summed E-state index contributed by atoms with van der Waals surface area (Å²) >= 11 is 6.77. The number of rotatable bonds is 7. The Balaban J connectivity index is 1.87. The third-order valence-electron chi connectivity index (χ3n) is 4.55. The van der Waals surface area contributed by atoms with Gasteiger partial charge in [-0.3, -0.25) is 9.69 Å². The van der Waals surface area contributed by atoms with Gasteiger partial charge in [0.2, 0.25) is 0 Å². The maximum Gasteiger partial charge on any atom is 0.270 e. The van der Waals surface area contributed by atoms with Gasteiger partial charge in [-0.2, -0.15) is 0 Å². The Morgan fingerprint density at radius 1 is 1.14 bits per heavy atom. The van der Waals surface area contributed by atoms with Crippen molar-refractivity contribution in [3.8, 4) is 11.5 Å². The van der Waals surface area contributed by atoms with Crippen molar-refractivity contribution >= 4 is 46.0 Å². The van der Waals surface area contributed by atoms with Gasteiger partial charge in [0.05, 0.1) is 23.3 Å². The molecule has 1 saturated heterocycles. The Kier molecular flexibility index (Phi) is 6.98. The number of aryl methyl sites for hydroxylation is 1. The average molecular weight is 428 g/mol. The molecule has 3 rings (SSSR count). The van der Waals surface area contributed by atoms with Crippen molar-refractivity contribution in [3.05, 3.63) is 58.5 Å². The van der Waals surface area contributed by atoms with Crippen molar-refractivity contribution in [2.75, 3.05) is 11.5 Å². The van der Waals surface area contributed by atoms with Crippen LogP contribution in [0.25, 0.3) is 6.08 Å². The molecule has 4 nitrogen and oxygen atoms in total. The number of hydrogen-bond acceptors (Lipinski definition) is 5. The first-order chi connectivity index (χ1) is 13.9. The van der Waals surface area contributed by atoms with E-state index in [0.717, 1.165) is 23.2 Å². The molecule has 0 spiro atoms. The predicted molar refractivity (Wildman–Crippen MR) is 125 cm³/mol. The van der Waals surface area contributed by atoms with Crippen LogP contribution in [0, 0.1) is 6.92 Å². The quantitative estimate of drug-likeness (QED) is 0.402. The second kappa shape index (κ2) is 9.46. The highest BCUT2D eigenvalue weighted by molar-refractivity contribution is 8.27. The molecule has 2 aromatic carbocycles. The van der Waals surface area contributed by atoms with E-state index in [9.17, 15) is 4.79 Å². The topological polar surface area (TPSA) is 38.8 Å². The third kappa shape index (κ3) is 5.00. The molecule has 1 aliphatic rings. The Labute approximate surface area is 181 Å². The zero-order valence-corrected chi connectivity index (χ0v) is 18.7. The van der Waals surface area contributed by atoms with E-state index >= 15 is 0 Å². The zero-order chi connectivity index (χ0) is 21.0. The molecule has 0 aromatic heterocycles. The van der Waals surface area contributed by atoms with Gasteiger partial charge in [0, 0.05) is 0 Å². The molecule has 29 heavy (non-hydrogen) atoms. The van der Waals surface area contributed by atoms with E-state index in [0.29, 0.717) is 27.3 Å². The molecule has 152 valence electrons. The van der Waals surface area contributed by atoms with Gasteiger partial charge in [0.25, 0.3) is 5.91 Å². The number of hydrogen-bond donors (Lipinski definition) is 0. The molecule has 1 fully saturated rings. The van der Waals surface area contributed by atoms with Crippen molar-refractivity contribution in [2.24, 2.45) is 0 Å². The maximum absolute atomic E-state index is 13.0. The molecule has 0 aliphatic carbocycles. The largest absolute Gasteiger partial charge is 0.490 e. The molecule has 2 aromatic rings. The fraction of sp³-hybridized carbons (Fsp3) is 0.304. The second-order valence-corrected chi connectivity index (χ2v) is 8.50. The van der Waals surface area contributed by atoms with Gasteiger partial charge in [-0.05, 0) is 63.1 Å². The van der Waals surface area contributed by atoms with Crippen LogP contribution in [-0.4, -0.2) is 22.9 Å². The minimum atomic E-state index is -0.109. The van der Waals surface area contributed by atoms with Crippen molar-refractivity contribution in [3.63, 3.8) is 0 Å². The van der Waals surface area contributed by atoms with Crippen LogP contribution in [0.4, 0.5) is 5.69 Å². The van der Waals surface area contributed by atoms with E-state index in [4.69, 9.17) is 21.7 Å². The Morgan fingerprint density at radius 2 is 1.86 bits per heavy atom. The summed E-state index contributed by atoms with van der Waals surface area (Å²) in [5.41, 5.74) is 2.79. The number of benzene rings is 2. The highest BCUT2D eigenvalue weighted by Crippen LogP contribution is 2.37. The lowest BCUT2D eigenvalue weighted by molar-refractivity contribution is -0.113. The van der Waals surface area contributed by atoms with E-state index < -0.39 is 0 Å². The summed E-state index contributed by atoms with van der Waals surface area (Å²) in [5, 5.41) is 0. The van der Waals surface area contributed by atoms with Gasteiger partial charge in [-0.25, -0.2) is 0 Å². The smallest absolute Gasteiger partial charge is 0.270 e. The lowest BCUT2D eigenvalue weighted by Gasteiger charge is -2.16. The molecule has 1 amide bonds. The van der Waals surface area contributed by atoms with Gasteiger partial charge in [-0.1, -0.05) is 54.7 Å². The molecule has 0 unspecified atom stereocenters. The number of ether oxygens (including phenoxy) is 2. The summed E-state index contributed by atoms with van der Waals surface area (Å²) in [6, 6.07) is 13.5. The average Bonchev–Trinajstić information content (AvgIpc) is 2.98. The molecule has 0 bridgehead atoms. The first-order valence-corrected chi connectivity index (χ1v) is 10.9. The number of amides is 1. The molecule has 0 saturated carbocycles. The van der Waals surface area contributed by atoms with E-state index in [2.05, 4.69) is 6.92 Å². The van der Waals surface area contributed by atoms with Crippen LogP contribution in [0.15, 0.2) is 47.4 Å². The van der Waals surface area contributed by atoms with Crippen molar-refractivity contribution < 1.29 is 14.3 Å². The van der Waals surface area contributed by atoms with Crippen LogP contribution >= 0.6 is 24.0 Å². The minimum absolute atomic E-state index is 0.103. The van der Waals surface area contributed by atoms with Crippen LogP contribution < -0.4 is 14.4 Å². The highest BCUT2D eigenvalue weighted by Gasteiger charge is 2.33. The summed E-state index contributed by atoms with van der Waals surface area (Å²) in [7, 11) is 0. The fourth-order valence-corrected chi connectivity index (χ4v) is 4.11. The number of thiocarbonyl (C=S) groups is 1. The maximum atomic E-state index is 13.0. The molecule has 6 heteroatoms. The first kappa shape index (κ1) is 21.4. The van der Waals surface area contributed by atoms with Gasteiger partial charge in [0.1, 0.15) is 0 Å². The summed E-state index contributed by atoms with van der Waals surface area (Å²) in [4.78, 5) is 15.1. The lowest BCUT2D eigenvalue weighted by Crippen LogP contribution is -2.27. The Bertz CT molecular complexity index is 938. The van der Waals surface area contributed by atoms with E-state index in [1.807, 2.05) is 69.3 Å². The Morgan fingerprint density at radius 3 is 2.52 bits per heavy atom. The normalized spacial score (nSPS) is 16.4. The SMILES string of the molecule is CCOc1cc(/C=C2\SC(=S)N(c3ccc(C)cc3)C2=O)ccc1O[C@@H](C)CC. The van der Waals surface area contributed by atoms with Crippen LogP contribution in [-0.2, 0) is 4.79 Å². The van der Waals surface area contributed by atoms with Gasteiger partial charge in [-0.15, -0.1) is 0 Å². The van der Waals surface area contributed by atoms with Crippen LogP contribution in [0.2, 0.25) is 0 Å². The van der Waals surface area contributed by atoms with Gasteiger partial charge in [0.15, 0.2) is 15.8 Å². The Hall–Kier alpha value is -2.31. The van der Waals surface area contributed by atoms with Gasteiger partial charge >= 0.3 is 0 Å². The summed E-state index contributed by atoms with van der Waals surface area (Å²) in [6.45, 7) is 8.59. The number of carbonyl (C=O) groups excluding carboxylic acids is 1. The van der Waals surface area contributed by atoms with Crippen molar-refractivity contribution in [2.45, 2.75) is 40.2 Å². The van der Waals surface area contributed by atoms with Crippen LogP contribution in [0.1, 0.15) is 38.3 Å². The van der Waals surface area contributed by atoms with E-state index in [1.165, 1.54) is 11.8 Å². The molecular weight excluding hydrogens is 402 g/mol. The fourth-order valence-electron chi connectivity index (χ4n) is 2.82. The summed E-state index contributed by atoms with van der Waals surface area (Å²) in [6.07, 6.45) is 2.86. The lowest BCUT2D eigenvalue weighted by atomic mass is 10.1. The summed E-state index contributed by atoms with van der Waals surface area (Å²) in [5.74, 6) is 1.28. The minimum Gasteiger partial charge on any atom is -0.490 e. The zero-order valence-electron chi connectivity index (χ0n) is 17.1. The molecule has 1 atom stereocenters. The van der Waals surface area contributed by atoms with Crippen molar-refractivity contribution in [1.82, 2.24) is 0 Å². The number of nitrogens with zero attached hydrogens (tertiary/aromatic N) is 1. The molecular formula is C23H25NO3S2. The molecule has 1 heterocycles. The molecule has 0 radical (unpaired) electrons. The van der Waals surface area contributed by atoms with Crippen molar-refractivity contribution in [1.29, 1.82) is 0 Å². The van der Waals surface area contributed by atoms with Crippen LogP contribution in [0.3, 0.4) is 0 Å². The third-order valence-corrected chi connectivity index (χ3v) is 5.86. The number of carbonyl (C=O) groups is 1. The monoisotopic (exact) mass is 427 g/mol. The van der Waals surface area contributed by atoms with Crippen LogP contribution in [0.5, 0.6) is 11.5 Å². The number of anilines is 1. The number of thioether (sulfide) groups is 1. The van der Waals surface area contributed by atoms with E-state index in [-0.39, 0.29) is 12.0 Å². The predicted octanol–water partition coefficient (Wildman–Crippen LogP) is 5.98. The standard InChI is InChI=1S/C23H25NO3S2/c1-5-16(4)27-19-12-9-17(13-20(19)26-6-2)14-21-22(25)24(23(28)29-21)18-10-7-15(3)8-11-18/h7-14,16H,5-6H2,1-4H3/b21-14-/t16-/m0/s1. The highest BCUT2D eigenvalue weighted by atomic mass is 32.2. The van der Waals surface area contributed by atoms with Gasteiger partial charge < -0.3 is 9.47 Å². The second-order valence-electron chi connectivity index (χ2n) is 6.83. The molecule has 0 N–H and O–H groups in total. The summed E-state index contributed by atoms with van der Waals surface area (Å²) < 4.78 is 12.2.